The van der Waals surface area contributed by atoms with Gasteiger partial charge >= 0.3 is 6.03 Å². The number of rotatable bonds is 4. The molecule has 2 rings (SSSR count). The molecular formula is C14H22N2O3. The van der Waals surface area contributed by atoms with Crippen LogP contribution in [0.4, 0.5) is 4.79 Å². The number of carbonyl (C=O) groups is 3. The predicted octanol–water partition coefficient (Wildman–Crippen LogP) is 2.06. The number of hydrogen-bond acceptors (Lipinski definition) is 3. The zero-order valence-electron chi connectivity index (χ0n) is 11.9. The Balaban J connectivity index is 2.26. The van der Waals surface area contributed by atoms with Crippen LogP contribution in [0.1, 0.15) is 52.9 Å². The first kappa shape index (κ1) is 14.0. The summed E-state index contributed by atoms with van der Waals surface area (Å²) in [6.07, 6.45) is 3.83. The summed E-state index contributed by atoms with van der Waals surface area (Å²) in [4.78, 5) is 37.8. The molecule has 1 spiro atoms. The molecule has 19 heavy (non-hydrogen) atoms. The van der Waals surface area contributed by atoms with Crippen molar-refractivity contribution in [2.45, 2.75) is 58.9 Å². The van der Waals surface area contributed by atoms with Gasteiger partial charge in [-0.3, -0.25) is 19.8 Å². The van der Waals surface area contributed by atoms with Gasteiger partial charge in [0.2, 0.25) is 11.8 Å². The molecule has 0 aromatic rings. The number of nitrogens with zero attached hydrogens (tertiary/aromatic N) is 1. The highest BCUT2D eigenvalue weighted by Gasteiger charge is 2.58. The normalized spacial score (nSPS) is 23.6. The van der Waals surface area contributed by atoms with E-state index < -0.39 is 17.4 Å². The monoisotopic (exact) mass is 266 g/mol. The number of imide groups is 2. The Morgan fingerprint density at radius 2 is 1.79 bits per heavy atom. The van der Waals surface area contributed by atoms with E-state index in [-0.39, 0.29) is 17.9 Å². The molecule has 1 atom stereocenters. The topological polar surface area (TPSA) is 66.5 Å². The summed E-state index contributed by atoms with van der Waals surface area (Å²) in [5.41, 5.74) is -0.950. The van der Waals surface area contributed by atoms with Crippen LogP contribution in [0.2, 0.25) is 0 Å². The van der Waals surface area contributed by atoms with Gasteiger partial charge in [0, 0.05) is 6.04 Å². The average Bonchev–Trinajstić information content (AvgIpc) is 2.28. The van der Waals surface area contributed by atoms with Gasteiger partial charge in [0.25, 0.3) is 0 Å². The van der Waals surface area contributed by atoms with Gasteiger partial charge in [0.05, 0.1) is 0 Å². The van der Waals surface area contributed by atoms with E-state index in [0.717, 1.165) is 19.3 Å². The molecule has 5 nitrogen and oxygen atoms in total. The quantitative estimate of drug-likeness (QED) is 0.792. The molecule has 1 heterocycles. The van der Waals surface area contributed by atoms with E-state index >= 15 is 0 Å². The molecule has 106 valence electrons. The van der Waals surface area contributed by atoms with Gasteiger partial charge in [0.1, 0.15) is 5.41 Å². The van der Waals surface area contributed by atoms with Crippen molar-refractivity contribution in [2.24, 2.45) is 11.3 Å². The van der Waals surface area contributed by atoms with Gasteiger partial charge < -0.3 is 0 Å². The van der Waals surface area contributed by atoms with Crippen LogP contribution in [0.25, 0.3) is 0 Å². The third-order valence-corrected chi connectivity index (χ3v) is 4.85. The van der Waals surface area contributed by atoms with Gasteiger partial charge in [-0.25, -0.2) is 4.79 Å². The predicted molar refractivity (Wildman–Crippen MR) is 70.2 cm³/mol. The highest BCUT2D eigenvalue weighted by atomic mass is 16.2. The van der Waals surface area contributed by atoms with Crippen molar-refractivity contribution in [2.75, 3.05) is 0 Å². The Bertz CT molecular complexity index is 411. The summed E-state index contributed by atoms with van der Waals surface area (Å²) in [5, 5.41) is 2.36. The molecule has 0 aromatic carbocycles. The fraction of sp³-hybridized carbons (Fsp3) is 0.786. The fourth-order valence-electron chi connectivity index (χ4n) is 3.22. The van der Waals surface area contributed by atoms with Crippen LogP contribution in [0, 0.1) is 11.3 Å². The van der Waals surface area contributed by atoms with E-state index in [0.29, 0.717) is 12.8 Å². The van der Waals surface area contributed by atoms with Crippen LogP contribution < -0.4 is 5.32 Å². The molecule has 0 radical (unpaired) electrons. The lowest BCUT2D eigenvalue weighted by Crippen LogP contribution is -2.68. The van der Waals surface area contributed by atoms with Crippen LogP contribution in [0.5, 0.6) is 0 Å². The lowest BCUT2D eigenvalue weighted by molar-refractivity contribution is -0.159. The van der Waals surface area contributed by atoms with E-state index in [1.807, 2.05) is 6.92 Å². The molecule has 1 aliphatic carbocycles. The Labute approximate surface area is 113 Å². The minimum atomic E-state index is -0.950. The van der Waals surface area contributed by atoms with Crippen LogP contribution in [-0.2, 0) is 9.59 Å². The number of barbiturate groups is 1. The third-order valence-electron chi connectivity index (χ3n) is 4.85. The first-order chi connectivity index (χ1) is 8.97. The lowest BCUT2D eigenvalue weighted by Gasteiger charge is -2.47. The highest BCUT2D eigenvalue weighted by molar-refractivity contribution is 6.19. The van der Waals surface area contributed by atoms with E-state index in [1.54, 1.807) is 0 Å². The van der Waals surface area contributed by atoms with Crippen molar-refractivity contribution in [1.29, 1.82) is 0 Å². The van der Waals surface area contributed by atoms with Crippen molar-refractivity contribution >= 4 is 17.8 Å². The Morgan fingerprint density at radius 1 is 1.21 bits per heavy atom. The lowest BCUT2D eigenvalue weighted by atomic mass is 9.66. The van der Waals surface area contributed by atoms with Crippen LogP contribution in [0.3, 0.4) is 0 Å². The van der Waals surface area contributed by atoms with E-state index in [9.17, 15) is 14.4 Å². The SMILES string of the molecule is CCC(CC)C(C)N1C(=O)NC(=O)C2(CCC2)C1=O. The Hall–Kier alpha value is -1.39. The molecule has 4 amide bonds. The first-order valence-corrected chi connectivity index (χ1v) is 7.17. The molecule has 1 N–H and O–H groups in total. The second-order valence-electron chi connectivity index (χ2n) is 5.69. The standard InChI is InChI=1S/C14H22N2O3/c1-4-10(5-2)9(3)16-12(18)14(7-6-8-14)11(17)15-13(16)19/h9-10H,4-8H2,1-3H3,(H,15,17,19). The molecular weight excluding hydrogens is 244 g/mol. The summed E-state index contributed by atoms with van der Waals surface area (Å²) < 4.78 is 0. The summed E-state index contributed by atoms with van der Waals surface area (Å²) in [6, 6.07) is -0.708. The minimum Gasteiger partial charge on any atom is -0.277 e. The van der Waals surface area contributed by atoms with Gasteiger partial charge in [-0.2, -0.15) is 0 Å². The fourth-order valence-corrected chi connectivity index (χ4v) is 3.22. The summed E-state index contributed by atoms with van der Waals surface area (Å²) >= 11 is 0. The number of urea groups is 1. The van der Waals surface area contributed by atoms with E-state index in [4.69, 9.17) is 0 Å². The van der Waals surface area contributed by atoms with Gasteiger partial charge in [-0.15, -0.1) is 0 Å². The molecule has 1 unspecified atom stereocenters. The maximum Gasteiger partial charge on any atom is 0.331 e. The zero-order chi connectivity index (χ0) is 14.2. The van der Waals surface area contributed by atoms with Crippen LogP contribution in [0.15, 0.2) is 0 Å². The third kappa shape index (κ3) is 1.95. The number of amides is 4. The van der Waals surface area contributed by atoms with Crippen LogP contribution >= 0.6 is 0 Å². The van der Waals surface area contributed by atoms with Crippen molar-refractivity contribution in [3.05, 3.63) is 0 Å². The Kier molecular flexibility index (Phi) is 3.65. The summed E-state index contributed by atoms with van der Waals surface area (Å²) in [5.74, 6) is -0.409. The molecule has 0 aromatic heterocycles. The maximum absolute atomic E-state index is 12.6. The zero-order valence-corrected chi connectivity index (χ0v) is 11.9. The highest BCUT2D eigenvalue weighted by Crippen LogP contribution is 2.45. The summed E-state index contributed by atoms with van der Waals surface area (Å²) in [7, 11) is 0. The van der Waals surface area contributed by atoms with Crippen molar-refractivity contribution in [3.8, 4) is 0 Å². The molecule has 0 bridgehead atoms. The van der Waals surface area contributed by atoms with Gasteiger partial charge in [-0.05, 0) is 25.7 Å². The van der Waals surface area contributed by atoms with Gasteiger partial charge in [0.15, 0.2) is 0 Å². The molecule has 1 saturated carbocycles. The number of carbonyl (C=O) groups excluding carboxylic acids is 3. The van der Waals surface area contributed by atoms with E-state index in [2.05, 4.69) is 19.2 Å². The number of hydrogen-bond donors (Lipinski definition) is 1. The van der Waals surface area contributed by atoms with Crippen molar-refractivity contribution < 1.29 is 14.4 Å². The van der Waals surface area contributed by atoms with Gasteiger partial charge in [-0.1, -0.05) is 33.1 Å². The van der Waals surface area contributed by atoms with Crippen molar-refractivity contribution in [3.63, 3.8) is 0 Å². The summed E-state index contributed by atoms with van der Waals surface area (Å²) in [6.45, 7) is 6.01. The molecule has 1 aliphatic heterocycles. The molecule has 2 aliphatic rings. The molecule has 2 fully saturated rings. The van der Waals surface area contributed by atoms with E-state index in [1.165, 1.54) is 4.90 Å². The molecule has 1 saturated heterocycles. The Morgan fingerprint density at radius 3 is 2.21 bits per heavy atom. The smallest absolute Gasteiger partial charge is 0.277 e. The number of nitrogens with one attached hydrogen (secondary N) is 1. The molecule has 5 heteroatoms. The minimum absolute atomic E-state index is 0.159. The van der Waals surface area contributed by atoms with Crippen molar-refractivity contribution in [1.82, 2.24) is 10.2 Å². The van der Waals surface area contributed by atoms with Crippen LogP contribution in [-0.4, -0.2) is 28.8 Å². The average molecular weight is 266 g/mol. The largest absolute Gasteiger partial charge is 0.331 e. The maximum atomic E-state index is 12.6. The second kappa shape index (κ2) is 4.94. The second-order valence-corrected chi connectivity index (χ2v) is 5.69. The first-order valence-electron chi connectivity index (χ1n) is 7.17.